The van der Waals surface area contributed by atoms with Crippen molar-refractivity contribution in [3.63, 3.8) is 0 Å². The van der Waals surface area contributed by atoms with E-state index in [1.54, 1.807) is 0 Å². The maximum absolute atomic E-state index is 13.1. The van der Waals surface area contributed by atoms with Crippen LogP contribution in [0.3, 0.4) is 0 Å². The zero-order chi connectivity index (χ0) is 10.2. The Labute approximate surface area is 74.4 Å². The van der Waals surface area contributed by atoms with Gasteiger partial charge in [0, 0.05) is 11.6 Å². The van der Waals surface area contributed by atoms with Gasteiger partial charge in [0.2, 0.25) is 0 Å². The van der Waals surface area contributed by atoms with Crippen molar-refractivity contribution in [3.05, 3.63) is 34.6 Å². The molecular formula is C9H10F3N. The fraction of sp³-hybridized carbons (Fsp3) is 0.333. The van der Waals surface area contributed by atoms with Crippen LogP contribution in [0.25, 0.3) is 0 Å². The van der Waals surface area contributed by atoms with Gasteiger partial charge in [-0.05, 0) is 25.5 Å². The van der Waals surface area contributed by atoms with Crippen LogP contribution in [0.1, 0.15) is 24.1 Å². The lowest BCUT2D eigenvalue weighted by molar-refractivity contribution is 0.465. The van der Waals surface area contributed by atoms with Gasteiger partial charge >= 0.3 is 0 Å². The van der Waals surface area contributed by atoms with Gasteiger partial charge in [0.25, 0.3) is 0 Å². The molecule has 1 aromatic carbocycles. The summed E-state index contributed by atoms with van der Waals surface area (Å²) in [6.07, 6.45) is 0. The van der Waals surface area contributed by atoms with Gasteiger partial charge in [-0.15, -0.1) is 0 Å². The summed E-state index contributed by atoms with van der Waals surface area (Å²) >= 11 is 0. The van der Waals surface area contributed by atoms with Crippen molar-refractivity contribution in [1.82, 2.24) is 0 Å². The van der Waals surface area contributed by atoms with E-state index in [1.807, 2.05) is 0 Å². The van der Waals surface area contributed by atoms with Gasteiger partial charge in [0.15, 0.2) is 11.6 Å². The molecule has 0 bridgehead atoms. The number of rotatable bonds is 1. The number of aryl methyl sites for hydroxylation is 1. The quantitative estimate of drug-likeness (QED) is 0.674. The van der Waals surface area contributed by atoms with Gasteiger partial charge in [0.1, 0.15) is 5.82 Å². The highest BCUT2D eigenvalue weighted by Gasteiger charge is 2.18. The van der Waals surface area contributed by atoms with Gasteiger partial charge in [0.05, 0.1) is 0 Å². The lowest BCUT2D eigenvalue weighted by Crippen LogP contribution is -2.12. The van der Waals surface area contributed by atoms with Crippen molar-refractivity contribution in [3.8, 4) is 0 Å². The third-order valence-electron chi connectivity index (χ3n) is 1.83. The van der Waals surface area contributed by atoms with Crippen LogP contribution in [0, 0.1) is 24.4 Å². The largest absolute Gasteiger partial charge is 0.324 e. The van der Waals surface area contributed by atoms with Crippen LogP contribution in [0.2, 0.25) is 0 Å². The molecule has 1 nitrogen and oxygen atoms in total. The van der Waals surface area contributed by atoms with E-state index >= 15 is 0 Å². The molecule has 0 amide bonds. The van der Waals surface area contributed by atoms with E-state index in [-0.39, 0.29) is 5.56 Å². The van der Waals surface area contributed by atoms with E-state index < -0.39 is 29.1 Å². The second kappa shape index (κ2) is 3.38. The third kappa shape index (κ3) is 1.67. The van der Waals surface area contributed by atoms with Crippen molar-refractivity contribution >= 4 is 0 Å². The van der Waals surface area contributed by atoms with Crippen LogP contribution in [-0.4, -0.2) is 0 Å². The van der Waals surface area contributed by atoms with Crippen molar-refractivity contribution in [2.45, 2.75) is 19.9 Å². The molecule has 4 heteroatoms. The molecule has 1 aromatic rings. The number of halogens is 3. The second-order valence-electron chi connectivity index (χ2n) is 3.01. The van der Waals surface area contributed by atoms with Crippen molar-refractivity contribution in [1.29, 1.82) is 0 Å². The Kier molecular flexibility index (Phi) is 2.61. The molecule has 0 aliphatic carbocycles. The summed E-state index contributed by atoms with van der Waals surface area (Å²) in [5, 5.41) is 0. The zero-order valence-electron chi connectivity index (χ0n) is 7.37. The Morgan fingerprint density at radius 3 is 2.23 bits per heavy atom. The molecule has 2 N–H and O–H groups in total. The maximum atomic E-state index is 13.1. The Hall–Kier alpha value is -1.03. The van der Waals surface area contributed by atoms with E-state index in [2.05, 4.69) is 0 Å². The molecule has 0 saturated carbocycles. The highest BCUT2D eigenvalue weighted by molar-refractivity contribution is 5.29. The predicted octanol–water partition coefficient (Wildman–Crippen LogP) is 2.43. The molecule has 0 aliphatic rings. The molecule has 0 aliphatic heterocycles. The van der Waals surface area contributed by atoms with Gasteiger partial charge in [-0.1, -0.05) is 0 Å². The highest BCUT2D eigenvalue weighted by atomic mass is 19.2. The summed E-state index contributed by atoms with van der Waals surface area (Å²) in [5.74, 6) is -3.02. The fourth-order valence-corrected chi connectivity index (χ4v) is 1.14. The third-order valence-corrected chi connectivity index (χ3v) is 1.83. The van der Waals surface area contributed by atoms with E-state index in [9.17, 15) is 13.2 Å². The van der Waals surface area contributed by atoms with E-state index in [1.165, 1.54) is 13.8 Å². The normalized spacial score (nSPS) is 13.1. The zero-order valence-corrected chi connectivity index (χ0v) is 7.37. The Morgan fingerprint density at radius 2 is 1.77 bits per heavy atom. The van der Waals surface area contributed by atoms with E-state index in [4.69, 9.17) is 5.73 Å². The van der Waals surface area contributed by atoms with E-state index in [0.29, 0.717) is 0 Å². The molecule has 0 aromatic heterocycles. The summed E-state index contributed by atoms with van der Waals surface area (Å²) in [5.41, 5.74) is 4.83. The number of hydrogen-bond donors (Lipinski definition) is 1. The minimum atomic E-state index is -1.19. The first-order chi connectivity index (χ1) is 5.95. The van der Waals surface area contributed by atoms with Crippen molar-refractivity contribution in [2.75, 3.05) is 0 Å². The molecule has 0 radical (unpaired) electrons. The van der Waals surface area contributed by atoms with Gasteiger partial charge in [-0.2, -0.15) is 0 Å². The lowest BCUT2D eigenvalue weighted by atomic mass is 10.0. The van der Waals surface area contributed by atoms with Crippen molar-refractivity contribution < 1.29 is 13.2 Å². The van der Waals surface area contributed by atoms with Gasteiger partial charge in [-0.25, -0.2) is 13.2 Å². The molecule has 1 atom stereocenters. The smallest absolute Gasteiger partial charge is 0.166 e. The lowest BCUT2D eigenvalue weighted by Gasteiger charge is -2.10. The van der Waals surface area contributed by atoms with Crippen molar-refractivity contribution in [2.24, 2.45) is 5.73 Å². The number of benzene rings is 1. The first kappa shape index (κ1) is 10.1. The Morgan fingerprint density at radius 1 is 1.23 bits per heavy atom. The molecule has 0 unspecified atom stereocenters. The summed E-state index contributed by atoms with van der Waals surface area (Å²) < 4.78 is 39.1. The van der Waals surface area contributed by atoms with Crippen LogP contribution < -0.4 is 5.73 Å². The molecule has 13 heavy (non-hydrogen) atoms. The van der Waals surface area contributed by atoms with Crippen LogP contribution >= 0.6 is 0 Å². The Bertz CT molecular complexity index is 334. The van der Waals surface area contributed by atoms with Crippen LogP contribution in [0.15, 0.2) is 6.07 Å². The topological polar surface area (TPSA) is 26.0 Å². The first-order valence-corrected chi connectivity index (χ1v) is 3.84. The highest BCUT2D eigenvalue weighted by Crippen LogP contribution is 2.23. The second-order valence-corrected chi connectivity index (χ2v) is 3.01. The maximum Gasteiger partial charge on any atom is 0.166 e. The van der Waals surface area contributed by atoms with Gasteiger partial charge in [-0.3, -0.25) is 0 Å². The van der Waals surface area contributed by atoms with Gasteiger partial charge < -0.3 is 5.73 Å². The average Bonchev–Trinajstić information content (AvgIpc) is 1.99. The van der Waals surface area contributed by atoms with E-state index in [0.717, 1.165) is 6.07 Å². The standard InChI is InChI=1S/C9H10F3N/c1-4-3-6(10)7(5(2)13)9(12)8(4)11/h3,5H,13H2,1-2H3/t5-/m0/s1. The molecule has 1 rings (SSSR count). The van der Waals surface area contributed by atoms with Crippen LogP contribution in [0.4, 0.5) is 13.2 Å². The molecular weight excluding hydrogens is 179 g/mol. The summed E-state index contributed by atoms with van der Waals surface area (Å²) in [6, 6.07) is 0.0898. The SMILES string of the molecule is Cc1cc(F)c([C@H](C)N)c(F)c1F. The predicted molar refractivity (Wildman–Crippen MR) is 43.7 cm³/mol. The Balaban J connectivity index is 3.44. The fourth-order valence-electron chi connectivity index (χ4n) is 1.14. The molecule has 0 fully saturated rings. The molecule has 0 spiro atoms. The average molecular weight is 189 g/mol. The molecule has 0 saturated heterocycles. The summed E-state index contributed by atoms with van der Waals surface area (Å²) in [7, 11) is 0. The summed E-state index contributed by atoms with van der Waals surface area (Å²) in [4.78, 5) is 0. The first-order valence-electron chi connectivity index (χ1n) is 3.84. The minimum Gasteiger partial charge on any atom is -0.324 e. The summed E-state index contributed by atoms with van der Waals surface area (Å²) in [6.45, 7) is 2.70. The number of nitrogens with two attached hydrogens (primary N) is 1. The number of hydrogen-bond acceptors (Lipinski definition) is 1. The minimum absolute atomic E-state index is 0.0561. The molecule has 0 heterocycles. The molecule has 72 valence electrons. The van der Waals surface area contributed by atoms with Crippen LogP contribution in [-0.2, 0) is 0 Å². The van der Waals surface area contributed by atoms with Crippen LogP contribution in [0.5, 0.6) is 0 Å². The monoisotopic (exact) mass is 189 g/mol.